The summed E-state index contributed by atoms with van der Waals surface area (Å²) in [5.74, 6) is 0.0432. The van der Waals surface area contributed by atoms with Gasteiger partial charge in [0.05, 0.1) is 15.3 Å². The summed E-state index contributed by atoms with van der Waals surface area (Å²) in [4.78, 5) is 15.1. The van der Waals surface area contributed by atoms with Crippen LogP contribution in [0.1, 0.15) is 15.2 Å². The van der Waals surface area contributed by atoms with E-state index in [1.165, 1.54) is 11.3 Å². The molecule has 2 aromatic rings. The van der Waals surface area contributed by atoms with Crippen molar-refractivity contribution in [3.05, 3.63) is 56.7 Å². The van der Waals surface area contributed by atoms with Gasteiger partial charge in [0.15, 0.2) is 0 Å². The number of carbonyl (C=O) groups excluding carboxylic acids is 1. The van der Waals surface area contributed by atoms with Crippen LogP contribution in [0.4, 0.5) is 0 Å². The number of methoxy groups -OCH3 is 1. The van der Waals surface area contributed by atoms with Gasteiger partial charge in [-0.15, -0.1) is 11.3 Å². The molecule has 0 saturated heterocycles. The van der Waals surface area contributed by atoms with Gasteiger partial charge in [0, 0.05) is 20.2 Å². The molecule has 0 spiro atoms. The highest BCUT2D eigenvalue weighted by molar-refractivity contribution is 9.11. The lowest BCUT2D eigenvalue weighted by Gasteiger charge is -2.22. The van der Waals surface area contributed by atoms with Crippen LogP contribution in [0.5, 0.6) is 0 Å². The van der Waals surface area contributed by atoms with Gasteiger partial charge < -0.3 is 9.64 Å². The maximum absolute atomic E-state index is 12.5. The quantitative estimate of drug-likeness (QED) is 0.790. The Morgan fingerprint density at radius 2 is 2.00 bits per heavy atom. The standard InChI is InChI=1S/C15H16BrNO2S/c1-19-10-9-17(11-12-5-3-2-4-6-12)15(18)13-7-8-14(16)20-13/h2-8H,9-11H2,1H3. The third kappa shape index (κ3) is 4.16. The smallest absolute Gasteiger partial charge is 0.264 e. The van der Waals surface area contributed by atoms with Crippen LogP contribution >= 0.6 is 27.3 Å². The number of carbonyl (C=O) groups is 1. The summed E-state index contributed by atoms with van der Waals surface area (Å²) in [6, 6.07) is 13.7. The van der Waals surface area contributed by atoms with Gasteiger partial charge in [0.1, 0.15) is 0 Å². The average Bonchev–Trinajstić information content (AvgIpc) is 2.90. The number of rotatable bonds is 6. The number of amides is 1. The zero-order valence-corrected chi connectivity index (χ0v) is 13.6. The van der Waals surface area contributed by atoms with E-state index < -0.39 is 0 Å². The van der Waals surface area contributed by atoms with Gasteiger partial charge in [-0.05, 0) is 33.6 Å². The van der Waals surface area contributed by atoms with Gasteiger partial charge in [-0.1, -0.05) is 30.3 Å². The molecule has 1 heterocycles. The molecule has 0 N–H and O–H groups in total. The zero-order chi connectivity index (χ0) is 14.4. The Morgan fingerprint density at radius 3 is 2.60 bits per heavy atom. The van der Waals surface area contributed by atoms with E-state index in [0.717, 1.165) is 14.2 Å². The Labute approximate surface area is 131 Å². The summed E-state index contributed by atoms with van der Waals surface area (Å²) in [5.41, 5.74) is 1.12. The van der Waals surface area contributed by atoms with Crippen molar-refractivity contribution in [1.82, 2.24) is 4.90 Å². The van der Waals surface area contributed by atoms with Gasteiger partial charge in [0.25, 0.3) is 5.91 Å². The first-order valence-corrected chi connectivity index (χ1v) is 7.89. The molecule has 0 radical (unpaired) electrons. The van der Waals surface area contributed by atoms with Crippen molar-refractivity contribution in [2.24, 2.45) is 0 Å². The molecule has 0 aliphatic rings. The maximum Gasteiger partial charge on any atom is 0.264 e. The minimum Gasteiger partial charge on any atom is -0.383 e. The lowest BCUT2D eigenvalue weighted by atomic mass is 10.2. The second kappa shape index (κ2) is 7.57. The second-order valence-corrected chi connectivity index (χ2v) is 6.77. The fourth-order valence-electron chi connectivity index (χ4n) is 1.84. The summed E-state index contributed by atoms with van der Waals surface area (Å²) in [6.45, 7) is 1.71. The highest BCUT2D eigenvalue weighted by Gasteiger charge is 2.17. The zero-order valence-electron chi connectivity index (χ0n) is 11.2. The van der Waals surface area contributed by atoms with Gasteiger partial charge in [-0.3, -0.25) is 4.79 Å². The molecule has 0 atom stereocenters. The van der Waals surface area contributed by atoms with Crippen LogP contribution in [0.3, 0.4) is 0 Å². The van der Waals surface area contributed by atoms with Crippen molar-refractivity contribution >= 4 is 33.2 Å². The highest BCUT2D eigenvalue weighted by atomic mass is 79.9. The maximum atomic E-state index is 12.5. The summed E-state index contributed by atoms with van der Waals surface area (Å²) in [7, 11) is 1.65. The molecule has 0 saturated carbocycles. The van der Waals surface area contributed by atoms with Crippen molar-refractivity contribution in [2.75, 3.05) is 20.3 Å². The fraction of sp³-hybridized carbons (Fsp3) is 0.267. The van der Waals surface area contributed by atoms with E-state index in [-0.39, 0.29) is 5.91 Å². The summed E-state index contributed by atoms with van der Waals surface area (Å²) < 4.78 is 6.07. The molecule has 20 heavy (non-hydrogen) atoms. The Bertz CT molecular complexity index is 556. The van der Waals surface area contributed by atoms with E-state index in [0.29, 0.717) is 19.7 Å². The van der Waals surface area contributed by atoms with Crippen LogP contribution in [0, 0.1) is 0 Å². The SMILES string of the molecule is COCCN(Cc1ccccc1)C(=O)c1ccc(Br)s1. The third-order valence-corrected chi connectivity index (χ3v) is 4.46. The van der Waals surface area contributed by atoms with E-state index in [2.05, 4.69) is 15.9 Å². The van der Waals surface area contributed by atoms with Gasteiger partial charge in [-0.2, -0.15) is 0 Å². The minimum atomic E-state index is 0.0432. The van der Waals surface area contributed by atoms with Crippen LogP contribution in [-0.2, 0) is 11.3 Å². The van der Waals surface area contributed by atoms with Crippen LogP contribution in [0.15, 0.2) is 46.3 Å². The third-order valence-electron chi connectivity index (χ3n) is 2.85. The van der Waals surface area contributed by atoms with Crippen molar-refractivity contribution in [3.63, 3.8) is 0 Å². The van der Waals surface area contributed by atoms with Crippen LogP contribution in [-0.4, -0.2) is 31.1 Å². The second-order valence-electron chi connectivity index (χ2n) is 4.31. The number of halogens is 1. The molecule has 1 amide bonds. The Balaban J connectivity index is 2.12. The molecule has 0 aliphatic carbocycles. The molecule has 5 heteroatoms. The van der Waals surface area contributed by atoms with E-state index in [1.54, 1.807) is 7.11 Å². The molecule has 0 unspecified atom stereocenters. The molecule has 1 aromatic heterocycles. The van der Waals surface area contributed by atoms with Crippen LogP contribution < -0.4 is 0 Å². The lowest BCUT2D eigenvalue weighted by Crippen LogP contribution is -2.33. The fourth-order valence-corrected chi connectivity index (χ4v) is 3.20. The van der Waals surface area contributed by atoms with Crippen molar-refractivity contribution < 1.29 is 9.53 Å². The molecule has 2 rings (SSSR count). The number of benzene rings is 1. The summed E-state index contributed by atoms with van der Waals surface area (Å²) in [5, 5.41) is 0. The van der Waals surface area contributed by atoms with Gasteiger partial charge >= 0.3 is 0 Å². The van der Waals surface area contributed by atoms with Crippen LogP contribution in [0.25, 0.3) is 0 Å². The Morgan fingerprint density at radius 1 is 1.25 bits per heavy atom. The minimum absolute atomic E-state index is 0.0432. The molecular formula is C15H16BrNO2S. The number of thiophene rings is 1. The first-order chi connectivity index (χ1) is 9.70. The van der Waals surface area contributed by atoms with E-state index >= 15 is 0 Å². The normalized spacial score (nSPS) is 10.5. The topological polar surface area (TPSA) is 29.5 Å². The molecule has 0 fully saturated rings. The number of hydrogen-bond acceptors (Lipinski definition) is 3. The molecule has 0 bridgehead atoms. The predicted molar refractivity (Wildman–Crippen MR) is 85.1 cm³/mol. The summed E-state index contributed by atoms with van der Waals surface area (Å²) in [6.07, 6.45) is 0. The van der Waals surface area contributed by atoms with Crippen molar-refractivity contribution in [1.29, 1.82) is 0 Å². The van der Waals surface area contributed by atoms with Gasteiger partial charge in [0.2, 0.25) is 0 Å². The van der Waals surface area contributed by atoms with Crippen molar-refractivity contribution in [3.8, 4) is 0 Å². The first kappa shape index (κ1) is 15.2. The molecule has 3 nitrogen and oxygen atoms in total. The monoisotopic (exact) mass is 353 g/mol. The van der Waals surface area contributed by atoms with E-state index in [1.807, 2.05) is 47.4 Å². The van der Waals surface area contributed by atoms with Crippen molar-refractivity contribution in [2.45, 2.75) is 6.54 Å². The van der Waals surface area contributed by atoms with E-state index in [9.17, 15) is 4.79 Å². The first-order valence-electron chi connectivity index (χ1n) is 6.28. The molecular weight excluding hydrogens is 338 g/mol. The number of ether oxygens (including phenoxy) is 1. The molecule has 1 aromatic carbocycles. The Hall–Kier alpha value is -1.17. The predicted octanol–water partition coefficient (Wildman–Crippen LogP) is 3.80. The highest BCUT2D eigenvalue weighted by Crippen LogP contribution is 2.23. The average molecular weight is 354 g/mol. The summed E-state index contributed by atoms with van der Waals surface area (Å²) >= 11 is 4.84. The lowest BCUT2D eigenvalue weighted by molar-refractivity contribution is 0.0685. The van der Waals surface area contributed by atoms with Gasteiger partial charge in [-0.25, -0.2) is 0 Å². The molecule has 0 aliphatic heterocycles. The van der Waals surface area contributed by atoms with E-state index in [4.69, 9.17) is 4.74 Å². The Kier molecular flexibility index (Phi) is 5.76. The largest absolute Gasteiger partial charge is 0.383 e. The molecule has 106 valence electrons. The number of nitrogens with zero attached hydrogens (tertiary/aromatic N) is 1. The number of hydrogen-bond donors (Lipinski definition) is 0. The van der Waals surface area contributed by atoms with Crippen LogP contribution in [0.2, 0.25) is 0 Å².